The summed E-state index contributed by atoms with van der Waals surface area (Å²) in [6.07, 6.45) is 1.85. The fraction of sp³-hybridized carbons (Fsp3) is 0.600. The van der Waals surface area contributed by atoms with Crippen LogP contribution in [-0.4, -0.2) is 25.5 Å². The Morgan fingerprint density at radius 1 is 1.53 bits per heavy atom. The van der Waals surface area contributed by atoms with Gasteiger partial charge in [0.2, 0.25) is 0 Å². The lowest BCUT2D eigenvalue weighted by Gasteiger charge is -2.29. The van der Waals surface area contributed by atoms with Gasteiger partial charge in [-0.25, -0.2) is 8.42 Å². The number of nitrogens with two attached hydrogens (primary N) is 1. The summed E-state index contributed by atoms with van der Waals surface area (Å²) in [7, 11) is -3.13. The van der Waals surface area contributed by atoms with Gasteiger partial charge in [0.25, 0.3) is 0 Å². The Hall–Kier alpha value is -0.390. The van der Waals surface area contributed by atoms with Crippen LogP contribution in [0.25, 0.3) is 0 Å². The van der Waals surface area contributed by atoms with Gasteiger partial charge in [0.05, 0.1) is 4.75 Å². The van der Waals surface area contributed by atoms with Crippen molar-refractivity contribution in [3.8, 4) is 0 Å². The van der Waals surface area contributed by atoms with E-state index in [2.05, 4.69) is 0 Å². The normalized spacial score (nSPS) is 15.2. The van der Waals surface area contributed by atoms with Gasteiger partial charge in [-0.15, -0.1) is 11.3 Å². The van der Waals surface area contributed by atoms with Crippen molar-refractivity contribution < 1.29 is 8.42 Å². The van der Waals surface area contributed by atoms with Crippen LogP contribution in [0.2, 0.25) is 0 Å². The molecule has 2 N–H and O–H groups in total. The van der Waals surface area contributed by atoms with Crippen molar-refractivity contribution in [2.24, 2.45) is 5.73 Å². The molecule has 0 fully saturated rings. The summed E-state index contributed by atoms with van der Waals surface area (Å²) in [6.45, 7) is 3.36. The quantitative estimate of drug-likeness (QED) is 0.876. The number of rotatable bonds is 4. The summed E-state index contributed by atoms with van der Waals surface area (Å²) in [5, 5.41) is 1.97. The summed E-state index contributed by atoms with van der Waals surface area (Å²) in [6, 6.07) is 3.55. The van der Waals surface area contributed by atoms with Gasteiger partial charge in [-0.05, 0) is 31.7 Å². The van der Waals surface area contributed by atoms with E-state index in [4.69, 9.17) is 5.73 Å². The SMILES string of the molecule is CC(C)(C(N)Cc1cccs1)S(C)(=O)=O. The first-order chi connectivity index (χ1) is 6.75. The predicted octanol–water partition coefficient (Wildman–Crippen LogP) is 1.44. The summed E-state index contributed by atoms with van der Waals surface area (Å²) in [4.78, 5) is 1.12. The molecule has 1 atom stereocenters. The molecular formula is C10H17NO2S2. The van der Waals surface area contributed by atoms with E-state index in [1.165, 1.54) is 6.26 Å². The van der Waals surface area contributed by atoms with Gasteiger partial charge in [0.1, 0.15) is 0 Å². The molecule has 0 aliphatic rings. The van der Waals surface area contributed by atoms with Crippen molar-refractivity contribution in [1.29, 1.82) is 0 Å². The lowest BCUT2D eigenvalue weighted by Crippen LogP contribution is -2.49. The molecule has 0 spiro atoms. The van der Waals surface area contributed by atoms with Crippen molar-refractivity contribution >= 4 is 21.2 Å². The maximum atomic E-state index is 11.5. The first-order valence-electron chi connectivity index (χ1n) is 4.72. The Labute approximate surface area is 95.2 Å². The molecule has 5 heteroatoms. The number of thiophene rings is 1. The zero-order chi connectivity index (χ0) is 11.7. The summed E-state index contributed by atoms with van der Waals surface area (Å²) >= 11 is 1.60. The molecule has 0 aliphatic heterocycles. The van der Waals surface area contributed by atoms with E-state index in [0.29, 0.717) is 6.42 Å². The summed E-state index contributed by atoms with van der Waals surface area (Å²) < 4.78 is 22.2. The van der Waals surface area contributed by atoms with Gasteiger partial charge < -0.3 is 5.73 Å². The maximum Gasteiger partial charge on any atom is 0.154 e. The maximum absolute atomic E-state index is 11.5. The van der Waals surface area contributed by atoms with Crippen LogP contribution >= 0.6 is 11.3 Å². The highest BCUT2D eigenvalue weighted by Crippen LogP contribution is 2.23. The number of hydrogen-bond donors (Lipinski definition) is 1. The zero-order valence-corrected chi connectivity index (χ0v) is 10.9. The van der Waals surface area contributed by atoms with Crippen molar-refractivity contribution in [1.82, 2.24) is 0 Å². The minimum atomic E-state index is -3.13. The largest absolute Gasteiger partial charge is 0.326 e. The molecule has 1 aromatic heterocycles. The summed E-state index contributed by atoms with van der Waals surface area (Å²) in [5.74, 6) is 0. The third-order valence-electron chi connectivity index (χ3n) is 2.85. The highest BCUT2D eigenvalue weighted by atomic mass is 32.2. The molecule has 0 saturated heterocycles. The van der Waals surface area contributed by atoms with Gasteiger partial charge in [-0.1, -0.05) is 6.07 Å². The average molecular weight is 247 g/mol. The van der Waals surface area contributed by atoms with Crippen LogP contribution in [0.4, 0.5) is 0 Å². The fourth-order valence-corrected chi connectivity index (χ4v) is 2.56. The predicted molar refractivity (Wildman–Crippen MR) is 64.9 cm³/mol. The zero-order valence-electron chi connectivity index (χ0n) is 9.23. The second kappa shape index (κ2) is 4.23. The summed E-state index contributed by atoms with van der Waals surface area (Å²) in [5.41, 5.74) is 5.96. The third kappa shape index (κ3) is 2.80. The van der Waals surface area contributed by atoms with E-state index >= 15 is 0 Å². The molecule has 86 valence electrons. The molecular weight excluding hydrogens is 230 g/mol. The monoisotopic (exact) mass is 247 g/mol. The van der Waals surface area contributed by atoms with Crippen LogP contribution in [0, 0.1) is 0 Å². The minimum Gasteiger partial charge on any atom is -0.326 e. The number of hydrogen-bond acceptors (Lipinski definition) is 4. The van der Waals surface area contributed by atoms with Crippen LogP contribution < -0.4 is 5.73 Å². The molecule has 0 amide bonds. The fourth-order valence-electron chi connectivity index (χ4n) is 1.17. The Kier molecular flexibility index (Phi) is 3.58. The molecule has 0 radical (unpaired) electrons. The van der Waals surface area contributed by atoms with Gasteiger partial charge in [-0.2, -0.15) is 0 Å². The number of sulfone groups is 1. The topological polar surface area (TPSA) is 60.2 Å². The molecule has 0 aromatic carbocycles. The molecule has 1 aromatic rings. The Morgan fingerprint density at radius 2 is 2.13 bits per heavy atom. The highest BCUT2D eigenvalue weighted by Gasteiger charge is 2.36. The molecule has 0 bridgehead atoms. The molecule has 1 heterocycles. The Balaban J connectivity index is 2.81. The van der Waals surface area contributed by atoms with Crippen LogP contribution in [0.3, 0.4) is 0 Å². The molecule has 15 heavy (non-hydrogen) atoms. The van der Waals surface area contributed by atoms with Crippen molar-refractivity contribution in [2.75, 3.05) is 6.26 Å². The van der Waals surface area contributed by atoms with Crippen molar-refractivity contribution in [3.63, 3.8) is 0 Å². The molecule has 1 rings (SSSR count). The average Bonchev–Trinajstić information content (AvgIpc) is 2.54. The van der Waals surface area contributed by atoms with E-state index < -0.39 is 14.6 Å². The van der Waals surface area contributed by atoms with E-state index in [1.807, 2.05) is 17.5 Å². The van der Waals surface area contributed by atoms with Crippen LogP contribution in [0.1, 0.15) is 18.7 Å². The Morgan fingerprint density at radius 3 is 2.53 bits per heavy atom. The third-order valence-corrected chi connectivity index (χ3v) is 5.96. The minimum absolute atomic E-state index is 0.369. The van der Waals surface area contributed by atoms with Gasteiger partial charge >= 0.3 is 0 Å². The molecule has 1 unspecified atom stereocenters. The van der Waals surface area contributed by atoms with E-state index in [1.54, 1.807) is 25.2 Å². The smallest absolute Gasteiger partial charge is 0.154 e. The van der Waals surface area contributed by atoms with E-state index in [-0.39, 0.29) is 6.04 Å². The Bertz CT molecular complexity index is 407. The van der Waals surface area contributed by atoms with Crippen LogP contribution in [-0.2, 0) is 16.3 Å². The van der Waals surface area contributed by atoms with Crippen LogP contribution in [0.5, 0.6) is 0 Å². The standard InChI is InChI=1S/C10H17NO2S2/c1-10(2,15(3,12)13)9(11)7-8-5-4-6-14-8/h4-6,9H,7,11H2,1-3H3. The van der Waals surface area contributed by atoms with Gasteiger partial charge in [0, 0.05) is 17.2 Å². The first-order valence-corrected chi connectivity index (χ1v) is 7.50. The van der Waals surface area contributed by atoms with Crippen molar-refractivity contribution in [2.45, 2.75) is 31.1 Å². The molecule has 3 nitrogen and oxygen atoms in total. The van der Waals surface area contributed by atoms with Crippen LogP contribution in [0.15, 0.2) is 17.5 Å². The molecule has 0 saturated carbocycles. The first kappa shape index (κ1) is 12.7. The second-order valence-corrected chi connectivity index (χ2v) is 7.89. The van der Waals surface area contributed by atoms with Crippen molar-refractivity contribution in [3.05, 3.63) is 22.4 Å². The van der Waals surface area contributed by atoms with E-state index in [9.17, 15) is 8.42 Å². The lowest BCUT2D eigenvalue weighted by atomic mass is 10.0. The highest BCUT2D eigenvalue weighted by molar-refractivity contribution is 7.92. The van der Waals surface area contributed by atoms with Gasteiger partial charge in [0.15, 0.2) is 9.84 Å². The molecule has 0 aliphatic carbocycles. The van der Waals surface area contributed by atoms with E-state index in [0.717, 1.165) is 4.88 Å². The lowest BCUT2D eigenvalue weighted by molar-refractivity contribution is 0.484. The van der Waals surface area contributed by atoms with Gasteiger partial charge in [-0.3, -0.25) is 0 Å². The second-order valence-electron chi connectivity index (χ2n) is 4.27.